The van der Waals surface area contributed by atoms with Crippen LogP contribution in [0.2, 0.25) is 10.0 Å². The first kappa shape index (κ1) is 29.2. The normalized spacial score (nSPS) is 11.6. The van der Waals surface area contributed by atoms with Crippen LogP contribution < -0.4 is 14.5 Å². The van der Waals surface area contributed by atoms with Gasteiger partial charge in [0.25, 0.3) is 15.9 Å². The predicted octanol–water partition coefficient (Wildman–Crippen LogP) is 6.06. The molecule has 1 aromatic heterocycles. The standard InChI is InChI=1S/C29H28Cl2N4O4S/c1-19-5-12-26(13-6-19)40(37,38)34(27-16-24(31)9-14-28(27)39-4)18-29(36)33-32-17-22-15-20(2)35(21(22)3)25-10-7-23(30)8-11-25/h5-17H,18H2,1-4H3,(H,33,36)/b32-17+. The molecule has 3 aromatic carbocycles. The van der Waals surface area contributed by atoms with Crippen LogP contribution in [0.25, 0.3) is 5.69 Å². The summed E-state index contributed by atoms with van der Waals surface area (Å²) in [4.78, 5) is 13.0. The minimum atomic E-state index is -4.17. The number of sulfonamides is 1. The van der Waals surface area contributed by atoms with Crippen LogP contribution >= 0.6 is 23.2 Å². The molecule has 1 N–H and O–H groups in total. The number of nitrogens with zero attached hydrogens (tertiary/aromatic N) is 3. The lowest BCUT2D eigenvalue weighted by Gasteiger charge is -2.25. The zero-order valence-corrected chi connectivity index (χ0v) is 24.7. The molecule has 0 unspecified atom stereocenters. The molecule has 40 heavy (non-hydrogen) atoms. The molecule has 11 heteroatoms. The average molecular weight is 600 g/mol. The molecule has 0 aliphatic heterocycles. The Bertz CT molecular complexity index is 1670. The summed E-state index contributed by atoms with van der Waals surface area (Å²) in [5, 5.41) is 5.03. The van der Waals surface area contributed by atoms with E-state index >= 15 is 0 Å². The number of aryl methyl sites for hydroxylation is 2. The maximum absolute atomic E-state index is 13.7. The van der Waals surface area contributed by atoms with Crippen LogP contribution in [0, 0.1) is 20.8 Å². The summed E-state index contributed by atoms with van der Waals surface area (Å²) in [5.41, 5.74) is 7.07. The number of halogens is 2. The molecule has 0 spiro atoms. The fourth-order valence-electron chi connectivity index (χ4n) is 4.24. The predicted molar refractivity (Wildman–Crippen MR) is 160 cm³/mol. The van der Waals surface area contributed by atoms with Crippen molar-refractivity contribution in [1.82, 2.24) is 9.99 Å². The van der Waals surface area contributed by atoms with Crippen molar-refractivity contribution in [2.24, 2.45) is 5.10 Å². The zero-order valence-electron chi connectivity index (χ0n) is 22.4. The van der Waals surface area contributed by atoms with Crippen LogP contribution in [0.3, 0.4) is 0 Å². The summed E-state index contributed by atoms with van der Waals surface area (Å²) in [6.45, 7) is 5.19. The second-order valence-electron chi connectivity index (χ2n) is 9.07. The monoisotopic (exact) mass is 598 g/mol. The van der Waals surface area contributed by atoms with Crippen LogP contribution in [0.1, 0.15) is 22.5 Å². The Morgan fingerprint density at radius 3 is 2.27 bits per heavy atom. The summed E-state index contributed by atoms with van der Waals surface area (Å²) >= 11 is 12.2. The number of carbonyl (C=O) groups is 1. The highest BCUT2D eigenvalue weighted by Gasteiger charge is 2.29. The summed E-state index contributed by atoms with van der Waals surface area (Å²) in [6, 6.07) is 20.3. The van der Waals surface area contributed by atoms with Crippen molar-refractivity contribution in [3.63, 3.8) is 0 Å². The lowest BCUT2D eigenvalue weighted by Crippen LogP contribution is -2.39. The summed E-state index contributed by atoms with van der Waals surface area (Å²) in [7, 11) is -2.76. The number of hydrogen-bond donors (Lipinski definition) is 1. The number of anilines is 1. The second kappa shape index (κ2) is 12.2. The van der Waals surface area contributed by atoms with Gasteiger partial charge in [-0.3, -0.25) is 9.10 Å². The van der Waals surface area contributed by atoms with E-state index in [0.29, 0.717) is 5.02 Å². The van der Waals surface area contributed by atoms with Crippen molar-refractivity contribution in [2.45, 2.75) is 25.7 Å². The van der Waals surface area contributed by atoms with Crippen LogP contribution in [-0.4, -0.2) is 38.8 Å². The highest BCUT2D eigenvalue weighted by atomic mass is 35.5. The fourth-order valence-corrected chi connectivity index (χ4v) is 5.96. The Balaban J connectivity index is 1.60. The topological polar surface area (TPSA) is 93.0 Å². The van der Waals surface area contributed by atoms with Gasteiger partial charge >= 0.3 is 0 Å². The number of amides is 1. The van der Waals surface area contributed by atoms with Gasteiger partial charge in [-0.2, -0.15) is 5.10 Å². The fraction of sp³-hybridized carbons (Fsp3) is 0.172. The molecule has 0 radical (unpaired) electrons. The SMILES string of the molecule is COc1ccc(Cl)cc1N(CC(=O)N/N=C/c1cc(C)n(-c2ccc(Cl)cc2)c1C)S(=O)(=O)c1ccc(C)cc1. The minimum Gasteiger partial charge on any atom is -0.495 e. The zero-order chi connectivity index (χ0) is 29.0. The van der Waals surface area contributed by atoms with Crippen LogP contribution in [0.5, 0.6) is 5.75 Å². The Morgan fingerprint density at radius 1 is 0.975 bits per heavy atom. The number of benzene rings is 3. The van der Waals surface area contributed by atoms with E-state index in [1.54, 1.807) is 24.3 Å². The van der Waals surface area contributed by atoms with Gasteiger partial charge in [0.2, 0.25) is 0 Å². The van der Waals surface area contributed by atoms with Gasteiger partial charge in [-0.05, 0) is 81.4 Å². The van der Waals surface area contributed by atoms with Crippen molar-refractivity contribution >= 4 is 51.0 Å². The van der Waals surface area contributed by atoms with E-state index in [1.165, 1.54) is 31.5 Å². The number of nitrogens with one attached hydrogen (secondary N) is 1. The third-order valence-electron chi connectivity index (χ3n) is 6.25. The first-order valence-corrected chi connectivity index (χ1v) is 14.4. The van der Waals surface area contributed by atoms with Gasteiger partial charge in [-0.25, -0.2) is 13.8 Å². The van der Waals surface area contributed by atoms with E-state index in [-0.39, 0.29) is 21.4 Å². The maximum atomic E-state index is 13.7. The molecule has 0 fully saturated rings. The number of aromatic nitrogens is 1. The second-order valence-corrected chi connectivity index (χ2v) is 11.8. The summed E-state index contributed by atoms with van der Waals surface area (Å²) < 4.78 is 35.8. The molecular formula is C29H28Cl2N4O4S. The van der Waals surface area contributed by atoms with Crippen molar-refractivity contribution in [3.8, 4) is 11.4 Å². The number of hydrazone groups is 1. The lowest BCUT2D eigenvalue weighted by molar-refractivity contribution is -0.119. The number of hydrogen-bond acceptors (Lipinski definition) is 5. The van der Waals surface area contributed by atoms with E-state index in [1.807, 2.05) is 55.7 Å². The van der Waals surface area contributed by atoms with Crippen molar-refractivity contribution < 1.29 is 17.9 Å². The number of methoxy groups -OCH3 is 1. The van der Waals surface area contributed by atoms with E-state index < -0.39 is 22.5 Å². The molecule has 208 valence electrons. The third-order valence-corrected chi connectivity index (χ3v) is 8.51. The Morgan fingerprint density at radius 2 is 1.62 bits per heavy atom. The van der Waals surface area contributed by atoms with Gasteiger partial charge in [0.15, 0.2) is 0 Å². The Hall–Kier alpha value is -3.79. The molecule has 0 atom stereocenters. The minimum absolute atomic E-state index is 0.0195. The number of ether oxygens (including phenoxy) is 1. The van der Waals surface area contributed by atoms with E-state index in [4.69, 9.17) is 27.9 Å². The molecule has 1 amide bonds. The maximum Gasteiger partial charge on any atom is 0.264 e. The molecular weight excluding hydrogens is 571 g/mol. The number of carbonyl (C=O) groups excluding carboxylic acids is 1. The quantitative estimate of drug-likeness (QED) is 0.187. The van der Waals surface area contributed by atoms with E-state index in [9.17, 15) is 13.2 Å². The van der Waals surface area contributed by atoms with Gasteiger partial charge in [0.1, 0.15) is 12.3 Å². The Kier molecular flexibility index (Phi) is 8.88. The van der Waals surface area contributed by atoms with E-state index in [0.717, 1.165) is 32.5 Å². The number of rotatable bonds is 9. The molecule has 0 bridgehead atoms. The van der Waals surface area contributed by atoms with Crippen molar-refractivity contribution in [1.29, 1.82) is 0 Å². The van der Waals surface area contributed by atoms with Gasteiger partial charge in [-0.1, -0.05) is 40.9 Å². The highest BCUT2D eigenvalue weighted by molar-refractivity contribution is 7.92. The van der Waals surface area contributed by atoms with Crippen molar-refractivity contribution in [2.75, 3.05) is 18.0 Å². The van der Waals surface area contributed by atoms with Crippen molar-refractivity contribution in [3.05, 3.63) is 105 Å². The van der Waals surface area contributed by atoms with Gasteiger partial charge in [0, 0.05) is 32.7 Å². The average Bonchev–Trinajstić information content (AvgIpc) is 3.20. The first-order valence-electron chi connectivity index (χ1n) is 12.2. The molecule has 8 nitrogen and oxygen atoms in total. The van der Waals surface area contributed by atoms with Crippen LogP contribution in [0.4, 0.5) is 5.69 Å². The van der Waals surface area contributed by atoms with Gasteiger partial charge < -0.3 is 9.30 Å². The van der Waals surface area contributed by atoms with Crippen LogP contribution in [0.15, 0.2) is 82.8 Å². The summed E-state index contributed by atoms with van der Waals surface area (Å²) in [5.74, 6) is -0.411. The van der Waals surface area contributed by atoms with Gasteiger partial charge in [0.05, 0.1) is 23.9 Å². The highest BCUT2D eigenvalue weighted by Crippen LogP contribution is 2.34. The molecule has 4 rings (SSSR count). The molecule has 4 aromatic rings. The lowest BCUT2D eigenvalue weighted by atomic mass is 10.2. The summed E-state index contributed by atoms with van der Waals surface area (Å²) in [6.07, 6.45) is 1.52. The molecule has 1 heterocycles. The van der Waals surface area contributed by atoms with Gasteiger partial charge in [-0.15, -0.1) is 0 Å². The molecule has 0 aliphatic carbocycles. The Labute approximate surface area is 243 Å². The molecule has 0 saturated heterocycles. The third kappa shape index (κ3) is 6.33. The molecule has 0 saturated carbocycles. The molecule has 0 aliphatic rings. The first-order chi connectivity index (χ1) is 19.0. The van der Waals surface area contributed by atoms with E-state index in [2.05, 4.69) is 10.5 Å². The largest absolute Gasteiger partial charge is 0.495 e. The smallest absolute Gasteiger partial charge is 0.264 e. The van der Waals surface area contributed by atoms with Crippen LogP contribution in [-0.2, 0) is 14.8 Å².